The first-order valence-electron chi connectivity index (χ1n) is 9.10. The standard InChI is InChI=1S/C23H26N2O/c1-17-9-11-21(12-10-17)25-18(2)15-22(19(25)3)23(26)16-24-14-13-20-7-5-4-6-8-20/h4-12,15,24H,13-14,16H2,1-3H3. The summed E-state index contributed by atoms with van der Waals surface area (Å²) in [6.45, 7) is 7.31. The molecule has 3 aromatic rings. The average molecular weight is 346 g/mol. The van der Waals surface area contributed by atoms with E-state index < -0.39 is 0 Å². The molecule has 0 bridgehead atoms. The minimum Gasteiger partial charge on any atom is -0.318 e. The summed E-state index contributed by atoms with van der Waals surface area (Å²) in [5, 5.41) is 3.28. The van der Waals surface area contributed by atoms with Crippen molar-refractivity contribution in [3.05, 3.63) is 88.7 Å². The summed E-state index contributed by atoms with van der Waals surface area (Å²) in [4.78, 5) is 12.7. The number of aryl methyl sites for hydroxylation is 2. The number of rotatable bonds is 7. The summed E-state index contributed by atoms with van der Waals surface area (Å²) in [6.07, 6.45) is 0.927. The molecule has 1 N–H and O–H groups in total. The molecule has 0 atom stereocenters. The number of hydrogen-bond donors (Lipinski definition) is 1. The molecule has 134 valence electrons. The maximum absolute atomic E-state index is 12.7. The number of aromatic nitrogens is 1. The van der Waals surface area contributed by atoms with Crippen molar-refractivity contribution in [3.63, 3.8) is 0 Å². The van der Waals surface area contributed by atoms with Gasteiger partial charge >= 0.3 is 0 Å². The van der Waals surface area contributed by atoms with Gasteiger partial charge in [0, 0.05) is 22.6 Å². The van der Waals surface area contributed by atoms with Gasteiger partial charge in [-0.05, 0) is 57.5 Å². The van der Waals surface area contributed by atoms with Gasteiger partial charge in [-0.1, -0.05) is 48.0 Å². The van der Waals surface area contributed by atoms with Gasteiger partial charge in [-0.25, -0.2) is 0 Å². The zero-order valence-corrected chi connectivity index (χ0v) is 15.8. The summed E-state index contributed by atoms with van der Waals surface area (Å²) < 4.78 is 2.15. The fourth-order valence-corrected chi connectivity index (χ4v) is 3.31. The summed E-state index contributed by atoms with van der Waals surface area (Å²) in [5.41, 5.74) is 6.50. The maximum Gasteiger partial charge on any atom is 0.178 e. The van der Waals surface area contributed by atoms with Crippen molar-refractivity contribution in [1.29, 1.82) is 0 Å². The predicted octanol–water partition coefficient (Wildman–Crippen LogP) is 4.42. The number of Topliss-reactive ketones (excluding diaryl/α,β-unsaturated/α-hetero) is 1. The molecule has 26 heavy (non-hydrogen) atoms. The van der Waals surface area contributed by atoms with E-state index in [-0.39, 0.29) is 5.78 Å². The van der Waals surface area contributed by atoms with Gasteiger partial charge in [0.2, 0.25) is 0 Å². The highest BCUT2D eigenvalue weighted by Crippen LogP contribution is 2.21. The van der Waals surface area contributed by atoms with Crippen LogP contribution in [-0.2, 0) is 6.42 Å². The molecule has 0 unspecified atom stereocenters. The summed E-state index contributed by atoms with van der Waals surface area (Å²) >= 11 is 0. The quantitative estimate of drug-likeness (QED) is 0.508. The van der Waals surface area contributed by atoms with E-state index in [1.165, 1.54) is 11.1 Å². The van der Waals surface area contributed by atoms with Crippen molar-refractivity contribution in [2.75, 3.05) is 13.1 Å². The molecule has 3 heteroatoms. The van der Waals surface area contributed by atoms with Crippen LogP contribution in [0.15, 0.2) is 60.7 Å². The third-order valence-electron chi connectivity index (χ3n) is 4.74. The van der Waals surface area contributed by atoms with Gasteiger partial charge in [-0.2, -0.15) is 0 Å². The van der Waals surface area contributed by atoms with Crippen molar-refractivity contribution < 1.29 is 4.79 Å². The zero-order valence-electron chi connectivity index (χ0n) is 15.8. The predicted molar refractivity (Wildman–Crippen MR) is 107 cm³/mol. The van der Waals surface area contributed by atoms with Crippen LogP contribution < -0.4 is 5.32 Å². The Morgan fingerprint density at radius 3 is 2.35 bits per heavy atom. The molecule has 1 aromatic heterocycles. The first-order chi connectivity index (χ1) is 12.6. The van der Waals surface area contributed by atoms with E-state index in [1.54, 1.807) is 0 Å². The van der Waals surface area contributed by atoms with Crippen LogP contribution in [0, 0.1) is 20.8 Å². The number of carbonyl (C=O) groups excluding carboxylic acids is 1. The Balaban J connectivity index is 1.64. The normalized spacial score (nSPS) is 10.9. The topological polar surface area (TPSA) is 34.0 Å². The number of benzene rings is 2. The second kappa shape index (κ2) is 8.15. The van der Waals surface area contributed by atoms with Crippen LogP contribution in [0.3, 0.4) is 0 Å². The minimum absolute atomic E-state index is 0.143. The van der Waals surface area contributed by atoms with Crippen molar-refractivity contribution in [1.82, 2.24) is 9.88 Å². The molecule has 3 rings (SSSR count). The lowest BCUT2D eigenvalue weighted by Gasteiger charge is -2.10. The van der Waals surface area contributed by atoms with Crippen LogP contribution in [0.25, 0.3) is 5.69 Å². The van der Waals surface area contributed by atoms with E-state index in [0.29, 0.717) is 6.54 Å². The Hall–Kier alpha value is -2.65. The van der Waals surface area contributed by atoms with Gasteiger partial charge in [0.05, 0.1) is 6.54 Å². The number of nitrogens with zero attached hydrogens (tertiary/aromatic N) is 1. The number of carbonyl (C=O) groups is 1. The third-order valence-corrected chi connectivity index (χ3v) is 4.74. The molecule has 0 aliphatic rings. The van der Waals surface area contributed by atoms with Crippen molar-refractivity contribution in [2.24, 2.45) is 0 Å². The fourth-order valence-electron chi connectivity index (χ4n) is 3.31. The van der Waals surface area contributed by atoms with Gasteiger partial charge in [0.1, 0.15) is 0 Å². The van der Waals surface area contributed by atoms with E-state index in [1.807, 2.05) is 38.1 Å². The SMILES string of the molecule is Cc1ccc(-n2c(C)cc(C(=O)CNCCc3ccccc3)c2C)cc1. The van der Waals surface area contributed by atoms with Gasteiger partial charge in [-0.15, -0.1) is 0 Å². The second-order valence-corrected chi connectivity index (χ2v) is 6.79. The highest BCUT2D eigenvalue weighted by atomic mass is 16.1. The molecule has 0 fully saturated rings. The van der Waals surface area contributed by atoms with Crippen LogP contribution in [-0.4, -0.2) is 23.4 Å². The lowest BCUT2D eigenvalue weighted by Crippen LogP contribution is -2.25. The molecule has 0 aliphatic carbocycles. The molecule has 0 saturated heterocycles. The highest BCUT2D eigenvalue weighted by Gasteiger charge is 2.16. The third kappa shape index (κ3) is 4.12. The molecule has 2 aromatic carbocycles. The average Bonchev–Trinajstić information content (AvgIpc) is 2.95. The number of hydrogen-bond acceptors (Lipinski definition) is 2. The van der Waals surface area contributed by atoms with E-state index >= 15 is 0 Å². The Morgan fingerprint density at radius 1 is 0.962 bits per heavy atom. The van der Waals surface area contributed by atoms with Crippen LogP contribution in [0.2, 0.25) is 0 Å². The van der Waals surface area contributed by atoms with Crippen molar-refractivity contribution in [2.45, 2.75) is 27.2 Å². The van der Waals surface area contributed by atoms with Crippen LogP contribution in [0.4, 0.5) is 0 Å². The first-order valence-corrected chi connectivity index (χ1v) is 9.10. The van der Waals surface area contributed by atoms with Gasteiger partial charge in [0.25, 0.3) is 0 Å². The second-order valence-electron chi connectivity index (χ2n) is 6.79. The monoisotopic (exact) mass is 346 g/mol. The lowest BCUT2D eigenvalue weighted by molar-refractivity contribution is 0.0991. The molecule has 3 nitrogen and oxygen atoms in total. The smallest absolute Gasteiger partial charge is 0.178 e. The number of nitrogens with one attached hydrogen (secondary N) is 1. The molecule has 0 aliphatic heterocycles. The minimum atomic E-state index is 0.143. The Bertz CT molecular complexity index is 877. The van der Waals surface area contributed by atoms with Crippen LogP contribution >= 0.6 is 0 Å². The van der Waals surface area contributed by atoms with Crippen molar-refractivity contribution in [3.8, 4) is 5.69 Å². The molecule has 0 saturated carbocycles. The first kappa shape index (κ1) is 18.2. The Morgan fingerprint density at radius 2 is 1.65 bits per heavy atom. The maximum atomic E-state index is 12.7. The zero-order chi connectivity index (χ0) is 18.5. The molecule has 1 heterocycles. The van der Waals surface area contributed by atoms with E-state index in [4.69, 9.17) is 0 Å². The van der Waals surface area contributed by atoms with Gasteiger partial charge in [0.15, 0.2) is 5.78 Å². The summed E-state index contributed by atoms with van der Waals surface area (Å²) in [5.74, 6) is 0.143. The van der Waals surface area contributed by atoms with Crippen LogP contribution in [0.5, 0.6) is 0 Å². The van der Waals surface area contributed by atoms with Crippen molar-refractivity contribution >= 4 is 5.78 Å². The Kier molecular flexibility index (Phi) is 5.69. The van der Waals surface area contributed by atoms with E-state index in [2.05, 4.69) is 53.2 Å². The van der Waals surface area contributed by atoms with E-state index in [9.17, 15) is 4.79 Å². The molecule has 0 amide bonds. The highest BCUT2D eigenvalue weighted by molar-refractivity contribution is 5.99. The Labute approximate surface area is 155 Å². The fraction of sp³-hybridized carbons (Fsp3) is 0.261. The van der Waals surface area contributed by atoms with Gasteiger partial charge < -0.3 is 9.88 Å². The lowest BCUT2D eigenvalue weighted by atomic mass is 10.1. The van der Waals surface area contributed by atoms with Crippen LogP contribution in [0.1, 0.15) is 32.9 Å². The molecule has 0 spiro atoms. The summed E-state index contributed by atoms with van der Waals surface area (Å²) in [6, 6.07) is 20.7. The largest absolute Gasteiger partial charge is 0.318 e. The van der Waals surface area contributed by atoms with Gasteiger partial charge in [-0.3, -0.25) is 4.79 Å². The van der Waals surface area contributed by atoms with E-state index in [0.717, 1.165) is 35.6 Å². The molecular formula is C23H26N2O. The number of ketones is 1. The molecule has 0 radical (unpaired) electrons. The molecular weight excluding hydrogens is 320 g/mol. The summed E-state index contributed by atoms with van der Waals surface area (Å²) in [7, 11) is 0.